The van der Waals surface area contributed by atoms with Gasteiger partial charge in [-0.2, -0.15) is 0 Å². The zero-order chi connectivity index (χ0) is 13.3. The molecule has 0 saturated heterocycles. The Bertz CT molecular complexity index is 462. The number of carbonyl (C=O) groups is 1. The van der Waals surface area contributed by atoms with Crippen molar-refractivity contribution in [3.05, 3.63) is 18.2 Å². The topological polar surface area (TPSA) is 75.8 Å². The maximum atomic E-state index is 11.2. The number of hydrogen-bond acceptors (Lipinski definition) is 4. The summed E-state index contributed by atoms with van der Waals surface area (Å²) < 4.78 is 5.81. The molecule has 3 N–H and O–H groups in total. The van der Waals surface area contributed by atoms with Gasteiger partial charge < -0.3 is 20.5 Å². The van der Waals surface area contributed by atoms with Gasteiger partial charge in [-0.15, -0.1) is 0 Å². The van der Waals surface area contributed by atoms with Crippen molar-refractivity contribution in [2.24, 2.45) is 0 Å². The first-order valence-electron chi connectivity index (χ1n) is 6.09. The highest BCUT2D eigenvalue weighted by atomic mass is 16.5. The van der Waals surface area contributed by atoms with Gasteiger partial charge in [0.1, 0.15) is 23.6 Å². The fourth-order valence-electron chi connectivity index (χ4n) is 2.17. The van der Waals surface area contributed by atoms with Crippen molar-refractivity contribution in [2.45, 2.75) is 32.4 Å². The summed E-state index contributed by atoms with van der Waals surface area (Å²) in [7, 11) is 0. The van der Waals surface area contributed by atoms with Crippen LogP contribution in [0.15, 0.2) is 18.2 Å². The molecule has 1 aromatic rings. The summed E-state index contributed by atoms with van der Waals surface area (Å²) in [6, 6.07) is 4.78. The summed E-state index contributed by atoms with van der Waals surface area (Å²) in [4.78, 5) is 13.0. The summed E-state index contributed by atoms with van der Waals surface area (Å²) in [5.74, 6) is -0.192. The lowest BCUT2D eigenvalue weighted by atomic mass is 10.1. The molecule has 18 heavy (non-hydrogen) atoms. The quantitative estimate of drug-likeness (QED) is 0.799. The van der Waals surface area contributed by atoms with Gasteiger partial charge in [0.2, 0.25) is 0 Å². The van der Waals surface area contributed by atoms with Crippen molar-refractivity contribution in [2.75, 3.05) is 17.2 Å². The van der Waals surface area contributed by atoms with E-state index >= 15 is 0 Å². The number of nitrogens with two attached hydrogens (primary N) is 1. The van der Waals surface area contributed by atoms with Gasteiger partial charge in [-0.3, -0.25) is 0 Å². The smallest absolute Gasteiger partial charge is 0.326 e. The monoisotopic (exact) mass is 250 g/mol. The minimum atomic E-state index is -0.860. The molecule has 1 heterocycles. The molecule has 0 saturated carbocycles. The molecule has 0 amide bonds. The Morgan fingerprint density at radius 2 is 2.39 bits per heavy atom. The lowest BCUT2D eigenvalue weighted by molar-refractivity contribution is -0.138. The van der Waals surface area contributed by atoms with E-state index in [0.29, 0.717) is 23.7 Å². The predicted octanol–water partition coefficient (Wildman–Crippen LogP) is 1.72. The fraction of sp³-hybridized carbons (Fsp3) is 0.462. The van der Waals surface area contributed by atoms with Gasteiger partial charge in [0, 0.05) is 0 Å². The van der Waals surface area contributed by atoms with E-state index < -0.39 is 12.0 Å². The number of carboxylic acid groups (broad SMARTS) is 1. The summed E-state index contributed by atoms with van der Waals surface area (Å²) in [6.07, 6.45) is 0.831. The lowest BCUT2D eigenvalue weighted by Crippen LogP contribution is -2.48. The van der Waals surface area contributed by atoms with Crippen LogP contribution in [0.3, 0.4) is 0 Å². The van der Waals surface area contributed by atoms with Crippen LogP contribution in [0.4, 0.5) is 11.4 Å². The summed E-state index contributed by atoms with van der Waals surface area (Å²) in [5.41, 5.74) is 7.18. The first kappa shape index (κ1) is 12.5. The second-order valence-electron chi connectivity index (χ2n) is 4.51. The lowest BCUT2D eigenvalue weighted by Gasteiger charge is -2.38. The van der Waals surface area contributed by atoms with Crippen LogP contribution in [-0.4, -0.2) is 29.8 Å². The maximum absolute atomic E-state index is 11.2. The Balaban J connectivity index is 2.44. The van der Waals surface area contributed by atoms with E-state index in [9.17, 15) is 9.90 Å². The average Bonchev–Trinajstić information content (AvgIpc) is 2.36. The number of benzene rings is 1. The summed E-state index contributed by atoms with van der Waals surface area (Å²) >= 11 is 0. The molecule has 0 spiro atoms. The molecular weight excluding hydrogens is 232 g/mol. The molecule has 2 rings (SSSR count). The zero-order valence-electron chi connectivity index (χ0n) is 10.6. The van der Waals surface area contributed by atoms with Crippen LogP contribution in [0.5, 0.6) is 5.75 Å². The first-order valence-corrected chi connectivity index (χ1v) is 6.09. The Kier molecular flexibility index (Phi) is 3.32. The Morgan fingerprint density at radius 3 is 3.00 bits per heavy atom. The van der Waals surface area contributed by atoms with Gasteiger partial charge in [-0.1, -0.05) is 13.0 Å². The van der Waals surface area contributed by atoms with Gasteiger partial charge >= 0.3 is 5.97 Å². The third-order valence-electron chi connectivity index (χ3n) is 3.29. The largest absolute Gasteiger partial charge is 0.486 e. The van der Waals surface area contributed by atoms with Gasteiger partial charge in [-0.25, -0.2) is 4.79 Å². The van der Waals surface area contributed by atoms with E-state index in [1.54, 1.807) is 13.0 Å². The molecule has 5 nitrogen and oxygen atoms in total. The minimum Gasteiger partial charge on any atom is -0.486 e. The van der Waals surface area contributed by atoms with Crippen molar-refractivity contribution in [1.29, 1.82) is 0 Å². The number of fused-ring (bicyclic) bond motifs is 1. The van der Waals surface area contributed by atoms with Crippen LogP contribution < -0.4 is 15.4 Å². The van der Waals surface area contributed by atoms with E-state index in [1.165, 1.54) is 0 Å². The molecule has 0 aliphatic carbocycles. The highest BCUT2D eigenvalue weighted by Crippen LogP contribution is 2.39. The second kappa shape index (κ2) is 4.76. The van der Waals surface area contributed by atoms with Crippen LogP contribution in [-0.2, 0) is 4.79 Å². The predicted molar refractivity (Wildman–Crippen MR) is 70.0 cm³/mol. The maximum Gasteiger partial charge on any atom is 0.326 e. The van der Waals surface area contributed by atoms with Crippen molar-refractivity contribution < 1.29 is 14.6 Å². The second-order valence-corrected chi connectivity index (χ2v) is 4.51. The molecule has 0 bridgehead atoms. The number of nitrogen functional groups attached to an aromatic ring is 1. The molecule has 2 unspecified atom stereocenters. The molecule has 2 atom stereocenters. The molecule has 0 fully saturated rings. The molecule has 98 valence electrons. The van der Waals surface area contributed by atoms with E-state index in [1.807, 2.05) is 24.0 Å². The van der Waals surface area contributed by atoms with Crippen LogP contribution in [0.1, 0.15) is 20.3 Å². The molecule has 0 aromatic heterocycles. The Labute approximate surface area is 106 Å². The standard InChI is InChI=1S/C13H18N2O3/c1-3-9-7-15(8(2)13(16)17)12-10(14)5-4-6-11(12)18-9/h4-6,8-9H,3,7,14H2,1-2H3,(H,16,17). The number of hydrogen-bond donors (Lipinski definition) is 2. The number of rotatable bonds is 3. The van der Waals surface area contributed by atoms with Crippen LogP contribution in [0, 0.1) is 0 Å². The number of ether oxygens (including phenoxy) is 1. The first-order chi connectivity index (χ1) is 8.54. The van der Waals surface area contributed by atoms with Gasteiger partial charge in [0.05, 0.1) is 12.2 Å². The van der Waals surface area contributed by atoms with Crippen LogP contribution in [0.2, 0.25) is 0 Å². The van der Waals surface area contributed by atoms with Gasteiger partial charge in [-0.05, 0) is 25.5 Å². The Hall–Kier alpha value is -1.91. The van der Waals surface area contributed by atoms with Crippen molar-refractivity contribution in [3.63, 3.8) is 0 Å². The van der Waals surface area contributed by atoms with Crippen molar-refractivity contribution in [3.8, 4) is 5.75 Å². The number of carboxylic acids is 1. The Morgan fingerprint density at radius 1 is 1.67 bits per heavy atom. The molecule has 0 radical (unpaired) electrons. The number of aliphatic carboxylic acids is 1. The summed E-state index contributed by atoms with van der Waals surface area (Å²) in [5, 5.41) is 9.19. The molecule has 1 aromatic carbocycles. The third kappa shape index (κ3) is 2.08. The number of para-hydroxylation sites is 1. The van der Waals surface area contributed by atoms with Gasteiger partial charge in [0.15, 0.2) is 0 Å². The third-order valence-corrected chi connectivity index (χ3v) is 3.29. The molecule has 5 heteroatoms. The van der Waals surface area contributed by atoms with E-state index in [2.05, 4.69) is 0 Å². The van der Waals surface area contributed by atoms with Crippen LogP contribution >= 0.6 is 0 Å². The number of nitrogens with zero attached hydrogens (tertiary/aromatic N) is 1. The average molecular weight is 250 g/mol. The highest BCUT2D eigenvalue weighted by Gasteiger charge is 2.32. The van der Waals surface area contributed by atoms with E-state index in [0.717, 1.165) is 6.42 Å². The van der Waals surface area contributed by atoms with E-state index in [-0.39, 0.29) is 6.10 Å². The highest BCUT2D eigenvalue weighted by molar-refractivity contribution is 5.83. The molecule has 1 aliphatic heterocycles. The van der Waals surface area contributed by atoms with Crippen molar-refractivity contribution >= 4 is 17.3 Å². The van der Waals surface area contributed by atoms with Crippen LogP contribution in [0.25, 0.3) is 0 Å². The van der Waals surface area contributed by atoms with E-state index in [4.69, 9.17) is 10.5 Å². The normalized spacial score (nSPS) is 19.9. The minimum absolute atomic E-state index is 0.00102. The SMILES string of the molecule is CCC1CN(C(C)C(=O)O)c2c(N)cccc2O1. The van der Waals surface area contributed by atoms with Gasteiger partial charge in [0.25, 0.3) is 0 Å². The fourth-order valence-corrected chi connectivity index (χ4v) is 2.17. The number of anilines is 2. The van der Waals surface area contributed by atoms with Crippen molar-refractivity contribution in [1.82, 2.24) is 0 Å². The summed E-state index contributed by atoms with van der Waals surface area (Å²) in [6.45, 7) is 4.23. The molecule has 1 aliphatic rings. The zero-order valence-corrected chi connectivity index (χ0v) is 10.6. The molecular formula is C13H18N2O3.